The van der Waals surface area contributed by atoms with Crippen LogP contribution >= 0.6 is 0 Å². The lowest BCUT2D eigenvalue weighted by atomic mass is 10.2. The molecular weight excluding hydrogens is 303 g/mol. The lowest BCUT2D eigenvalue weighted by molar-refractivity contribution is 0.247. The Balaban J connectivity index is 1.42. The number of pyridine rings is 1. The summed E-state index contributed by atoms with van der Waals surface area (Å²) < 4.78 is 16.0. The van der Waals surface area contributed by atoms with Gasteiger partial charge >= 0.3 is 0 Å². The minimum absolute atomic E-state index is 0.137. The number of benzene rings is 1. The maximum Gasteiger partial charge on any atom is 0.146 e. The Hall–Kier alpha value is -2.40. The van der Waals surface area contributed by atoms with Crippen molar-refractivity contribution in [2.75, 3.05) is 31.1 Å². The molecule has 4 rings (SSSR count). The van der Waals surface area contributed by atoms with E-state index in [4.69, 9.17) is 4.98 Å². The van der Waals surface area contributed by atoms with Crippen molar-refractivity contribution in [2.45, 2.75) is 13.5 Å². The Morgan fingerprint density at radius 2 is 1.83 bits per heavy atom. The molecule has 1 aromatic carbocycles. The highest BCUT2D eigenvalue weighted by Crippen LogP contribution is 2.21. The van der Waals surface area contributed by atoms with E-state index < -0.39 is 0 Å². The van der Waals surface area contributed by atoms with Gasteiger partial charge in [-0.25, -0.2) is 9.37 Å². The second-order valence-electron chi connectivity index (χ2n) is 6.37. The molecule has 0 unspecified atom stereocenters. The van der Waals surface area contributed by atoms with Crippen molar-refractivity contribution >= 4 is 11.3 Å². The van der Waals surface area contributed by atoms with Crippen LogP contribution in [0.5, 0.6) is 0 Å². The van der Waals surface area contributed by atoms with Crippen LogP contribution in [0.1, 0.15) is 11.3 Å². The van der Waals surface area contributed by atoms with Gasteiger partial charge in [0, 0.05) is 45.1 Å². The van der Waals surface area contributed by atoms with E-state index in [-0.39, 0.29) is 5.82 Å². The molecule has 0 atom stereocenters. The number of rotatable bonds is 3. The normalized spacial score (nSPS) is 16.0. The fourth-order valence-electron chi connectivity index (χ4n) is 3.36. The summed E-state index contributed by atoms with van der Waals surface area (Å²) >= 11 is 0. The van der Waals surface area contributed by atoms with Crippen LogP contribution in [0.4, 0.5) is 10.1 Å². The van der Waals surface area contributed by atoms with E-state index in [1.165, 1.54) is 11.6 Å². The first-order valence-corrected chi connectivity index (χ1v) is 8.36. The van der Waals surface area contributed by atoms with E-state index in [1.807, 2.05) is 24.4 Å². The van der Waals surface area contributed by atoms with Crippen molar-refractivity contribution in [1.82, 2.24) is 14.3 Å². The van der Waals surface area contributed by atoms with Gasteiger partial charge in [0.15, 0.2) is 0 Å². The lowest BCUT2D eigenvalue weighted by Gasteiger charge is -2.35. The van der Waals surface area contributed by atoms with Crippen LogP contribution in [0.3, 0.4) is 0 Å². The number of imidazole rings is 1. The van der Waals surface area contributed by atoms with Crippen LogP contribution in [0, 0.1) is 12.7 Å². The van der Waals surface area contributed by atoms with Crippen molar-refractivity contribution in [1.29, 1.82) is 0 Å². The zero-order valence-corrected chi connectivity index (χ0v) is 13.8. The number of fused-ring (bicyclic) bond motifs is 1. The van der Waals surface area contributed by atoms with Gasteiger partial charge in [-0.3, -0.25) is 4.90 Å². The Morgan fingerprint density at radius 1 is 1.04 bits per heavy atom. The second-order valence-corrected chi connectivity index (χ2v) is 6.37. The SMILES string of the molecule is Cc1cccn2cc(CN3CCN(c4ccccc4F)CC3)nc12. The van der Waals surface area contributed by atoms with Gasteiger partial charge in [-0.15, -0.1) is 0 Å². The molecule has 24 heavy (non-hydrogen) atoms. The first kappa shape index (κ1) is 15.1. The van der Waals surface area contributed by atoms with Gasteiger partial charge in [0.1, 0.15) is 11.5 Å². The molecular formula is C19H21FN4. The van der Waals surface area contributed by atoms with Crippen LogP contribution in [0.15, 0.2) is 48.8 Å². The number of halogens is 1. The van der Waals surface area contributed by atoms with Crippen LogP contribution < -0.4 is 4.90 Å². The molecule has 1 saturated heterocycles. The van der Waals surface area contributed by atoms with Crippen molar-refractivity contribution in [3.8, 4) is 0 Å². The summed E-state index contributed by atoms with van der Waals surface area (Å²) in [4.78, 5) is 9.25. The van der Waals surface area contributed by atoms with Gasteiger partial charge in [-0.2, -0.15) is 0 Å². The van der Waals surface area contributed by atoms with Gasteiger partial charge in [0.2, 0.25) is 0 Å². The number of aryl methyl sites for hydroxylation is 1. The molecule has 5 heteroatoms. The molecule has 4 nitrogen and oxygen atoms in total. The zero-order chi connectivity index (χ0) is 16.5. The van der Waals surface area contributed by atoms with Gasteiger partial charge in [0.25, 0.3) is 0 Å². The quantitative estimate of drug-likeness (QED) is 0.740. The monoisotopic (exact) mass is 324 g/mol. The largest absolute Gasteiger partial charge is 0.367 e. The highest BCUT2D eigenvalue weighted by molar-refractivity contribution is 5.49. The first-order valence-electron chi connectivity index (χ1n) is 8.36. The standard InChI is InChI=1S/C19H21FN4/c1-15-5-4-8-24-14-16(21-19(15)24)13-22-9-11-23(12-10-22)18-7-3-2-6-17(18)20/h2-8,14H,9-13H2,1H3. The summed E-state index contributed by atoms with van der Waals surface area (Å²) in [6, 6.07) is 11.1. The van der Waals surface area contributed by atoms with Crippen LogP contribution in [0.2, 0.25) is 0 Å². The molecule has 1 aliphatic heterocycles. The van der Waals surface area contributed by atoms with E-state index in [9.17, 15) is 4.39 Å². The highest BCUT2D eigenvalue weighted by Gasteiger charge is 2.20. The average molecular weight is 324 g/mol. The molecule has 1 aliphatic rings. The third-order valence-corrected chi connectivity index (χ3v) is 4.68. The van der Waals surface area contributed by atoms with Crippen LogP contribution in [-0.2, 0) is 6.54 Å². The fourth-order valence-corrected chi connectivity index (χ4v) is 3.36. The number of hydrogen-bond acceptors (Lipinski definition) is 3. The zero-order valence-electron chi connectivity index (χ0n) is 13.8. The minimum Gasteiger partial charge on any atom is -0.367 e. The summed E-state index contributed by atoms with van der Waals surface area (Å²) in [5.41, 5.74) is 4.01. The maximum atomic E-state index is 13.9. The maximum absolute atomic E-state index is 13.9. The van der Waals surface area contributed by atoms with Gasteiger partial charge in [-0.05, 0) is 30.7 Å². The van der Waals surface area contributed by atoms with Crippen molar-refractivity contribution < 1.29 is 4.39 Å². The molecule has 2 aromatic heterocycles. The predicted molar refractivity (Wildman–Crippen MR) is 93.8 cm³/mol. The molecule has 0 saturated carbocycles. The molecule has 0 N–H and O–H groups in total. The van der Waals surface area contributed by atoms with Gasteiger partial charge < -0.3 is 9.30 Å². The third-order valence-electron chi connectivity index (χ3n) is 4.68. The highest BCUT2D eigenvalue weighted by atomic mass is 19.1. The summed E-state index contributed by atoms with van der Waals surface area (Å²) in [7, 11) is 0. The van der Waals surface area contributed by atoms with Crippen molar-refractivity contribution in [2.24, 2.45) is 0 Å². The summed E-state index contributed by atoms with van der Waals surface area (Å²) in [5, 5.41) is 0. The van der Waals surface area contributed by atoms with E-state index in [0.29, 0.717) is 5.69 Å². The van der Waals surface area contributed by atoms with E-state index in [1.54, 1.807) is 6.07 Å². The Labute approximate surface area is 141 Å². The van der Waals surface area contributed by atoms with Crippen molar-refractivity contribution in [3.63, 3.8) is 0 Å². The van der Waals surface area contributed by atoms with Crippen LogP contribution in [0.25, 0.3) is 5.65 Å². The molecule has 0 spiro atoms. The Kier molecular flexibility index (Phi) is 3.94. The van der Waals surface area contributed by atoms with Crippen molar-refractivity contribution in [3.05, 3.63) is 65.9 Å². The number of para-hydroxylation sites is 1. The minimum atomic E-state index is -0.137. The molecule has 0 amide bonds. The number of nitrogens with zero attached hydrogens (tertiary/aromatic N) is 4. The van der Waals surface area contributed by atoms with Crippen LogP contribution in [-0.4, -0.2) is 40.5 Å². The smallest absolute Gasteiger partial charge is 0.146 e. The number of piperazine rings is 1. The molecule has 0 bridgehead atoms. The number of aromatic nitrogens is 2. The first-order chi connectivity index (χ1) is 11.7. The van der Waals surface area contributed by atoms with Gasteiger partial charge in [-0.1, -0.05) is 18.2 Å². The topological polar surface area (TPSA) is 23.8 Å². The molecule has 3 aromatic rings. The van der Waals surface area contributed by atoms with E-state index >= 15 is 0 Å². The fraction of sp³-hybridized carbons (Fsp3) is 0.316. The average Bonchev–Trinajstić information content (AvgIpc) is 3.00. The summed E-state index contributed by atoms with van der Waals surface area (Å²) in [6.07, 6.45) is 4.14. The molecule has 0 aliphatic carbocycles. The second kappa shape index (κ2) is 6.24. The Bertz CT molecular complexity index is 849. The van der Waals surface area contributed by atoms with E-state index in [2.05, 4.69) is 33.4 Å². The number of anilines is 1. The third kappa shape index (κ3) is 2.87. The van der Waals surface area contributed by atoms with E-state index in [0.717, 1.165) is 44.1 Å². The molecule has 124 valence electrons. The lowest BCUT2D eigenvalue weighted by Crippen LogP contribution is -2.46. The Morgan fingerprint density at radius 3 is 2.58 bits per heavy atom. The molecule has 3 heterocycles. The van der Waals surface area contributed by atoms with Gasteiger partial charge in [0.05, 0.1) is 11.4 Å². The summed E-state index contributed by atoms with van der Waals surface area (Å²) in [6.45, 7) is 6.44. The molecule has 1 fully saturated rings. The predicted octanol–water partition coefficient (Wildman–Crippen LogP) is 3.10. The summed E-state index contributed by atoms with van der Waals surface area (Å²) in [5.74, 6) is -0.137. The molecule has 0 radical (unpaired) electrons. The number of hydrogen-bond donors (Lipinski definition) is 0.